The van der Waals surface area contributed by atoms with E-state index in [1.165, 1.54) is 22.8 Å². The van der Waals surface area contributed by atoms with Crippen LogP contribution in [0, 0.1) is 24.2 Å². The van der Waals surface area contributed by atoms with E-state index in [0.29, 0.717) is 23.7 Å². The summed E-state index contributed by atoms with van der Waals surface area (Å²) in [7, 11) is 0. The quantitative estimate of drug-likeness (QED) is 0.686. The first-order valence-electron chi connectivity index (χ1n) is 7.97. The van der Waals surface area contributed by atoms with Crippen molar-refractivity contribution in [3.05, 3.63) is 78.8 Å². The molecular weight excluding hydrogens is 252 g/mol. The molecule has 0 spiro atoms. The van der Waals surface area contributed by atoms with Crippen LogP contribution in [0.4, 0.5) is 0 Å². The molecule has 2 aromatic rings. The molecule has 4 unspecified atom stereocenters. The molecule has 0 heterocycles. The van der Waals surface area contributed by atoms with Crippen molar-refractivity contribution in [3.8, 4) is 0 Å². The summed E-state index contributed by atoms with van der Waals surface area (Å²) in [6.07, 6.45) is 14.2. The van der Waals surface area contributed by atoms with Gasteiger partial charge in [0.2, 0.25) is 0 Å². The minimum absolute atomic E-state index is 0.448. The molecule has 1 saturated carbocycles. The van der Waals surface area contributed by atoms with Gasteiger partial charge in [-0.1, -0.05) is 80.1 Å². The summed E-state index contributed by atoms with van der Waals surface area (Å²) in [5, 5.41) is 2.73. The van der Waals surface area contributed by atoms with Crippen LogP contribution >= 0.6 is 0 Å². The van der Waals surface area contributed by atoms with Crippen LogP contribution in [-0.2, 0) is 0 Å². The van der Waals surface area contributed by atoms with Crippen LogP contribution in [0.1, 0.15) is 24.8 Å². The Morgan fingerprint density at radius 1 is 0.952 bits per heavy atom. The molecule has 0 amide bonds. The lowest BCUT2D eigenvalue weighted by Gasteiger charge is -2.24. The number of hydrogen-bond acceptors (Lipinski definition) is 0. The molecule has 0 bridgehead atoms. The van der Waals surface area contributed by atoms with Gasteiger partial charge in [0.05, 0.1) is 0 Å². The van der Waals surface area contributed by atoms with Crippen LogP contribution in [0.3, 0.4) is 0 Å². The van der Waals surface area contributed by atoms with Crippen molar-refractivity contribution in [2.24, 2.45) is 17.8 Å². The van der Waals surface area contributed by atoms with Crippen molar-refractivity contribution in [2.75, 3.05) is 0 Å². The maximum absolute atomic E-state index is 3.86. The first-order valence-corrected chi connectivity index (χ1v) is 7.97. The highest BCUT2D eigenvalue weighted by atomic mass is 14.4. The van der Waals surface area contributed by atoms with E-state index >= 15 is 0 Å². The minimum Gasteiger partial charge on any atom is -0.0805 e. The van der Waals surface area contributed by atoms with Gasteiger partial charge in [-0.3, -0.25) is 0 Å². The molecule has 0 heteroatoms. The van der Waals surface area contributed by atoms with E-state index in [2.05, 4.69) is 80.1 Å². The second-order valence-electron chi connectivity index (χ2n) is 6.16. The van der Waals surface area contributed by atoms with Crippen molar-refractivity contribution >= 4 is 10.8 Å². The molecule has 1 fully saturated rings. The molecule has 0 aliphatic heterocycles. The second kappa shape index (κ2) is 5.18. The van der Waals surface area contributed by atoms with E-state index in [0.717, 1.165) is 0 Å². The van der Waals surface area contributed by atoms with Crippen molar-refractivity contribution in [1.29, 1.82) is 0 Å². The first kappa shape index (κ1) is 12.9. The average molecular weight is 272 g/mol. The molecule has 0 N–H and O–H groups in total. The zero-order valence-corrected chi connectivity index (χ0v) is 12.4. The smallest absolute Gasteiger partial charge is 0.000856 e. The first-order chi connectivity index (χ1) is 10.4. The molecule has 2 radical (unpaired) electrons. The summed E-state index contributed by atoms with van der Waals surface area (Å²) in [5.41, 5.74) is 1.45. The van der Waals surface area contributed by atoms with E-state index in [9.17, 15) is 0 Å². The lowest BCUT2D eigenvalue weighted by Crippen LogP contribution is -2.15. The maximum atomic E-state index is 3.86. The Balaban J connectivity index is 1.81. The molecule has 0 aromatic heterocycles. The highest BCUT2D eigenvalue weighted by molar-refractivity contribution is 5.86. The van der Waals surface area contributed by atoms with Gasteiger partial charge < -0.3 is 0 Å². The monoisotopic (exact) mass is 272 g/mol. The zero-order valence-electron chi connectivity index (χ0n) is 12.4. The van der Waals surface area contributed by atoms with Gasteiger partial charge in [-0.05, 0) is 46.4 Å². The van der Waals surface area contributed by atoms with Crippen molar-refractivity contribution in [2.45, 2.75) is 19.3 Å². The molecule has 0 saturated heterocycles. The van der Waals surface area contributed by atoms with E-state index in [1.54, 1.807) is 0 Å². The molecule has 21 heavy (non-hydrogen) atoms. The standard InChI is InChI=1S/C21H20/c1-2-17-19-12-6-4-9-16(19)14-21(17)20-13-7-10-15-8-3-5-11-18(15)20/h3-13,16-17,19,21H,2H2,1H3. The predicted octanol–water partition coefficient (Wildman–Crippen LogP) is 5.40. The Morgan fingerprint density at radius 2 is 1.76 bits per heavy atom. The third kappa shape index (κ3) is 2.05. The number of rotatable bonds is 2. The van der Waals surface area contributed by atoms with Gasteiger partial charge in [-0.25, -0.2) is 0 Å². The lowest BCUT2D eigenvalue weighted by molar-refractivity contribution is 0.385. The molecule has 0 nitrogen and oxygen atoms in total. The summed E-state index contributed by atoms with van der Waals surface area (Å²) in [6, 6.07) is 15.4. The molecule has 4 atom stereocenters. The molecule has 104 valence electrons. The van der Waals surface area contributed by atoms with Crippen LogP contribution in [-0.4, -0.2) is 0 Å². The zero-order chi connectivity index (χ0) is 14.2. The lowest BCUT2D eigenvalue weighted by atomic mass is 9.80. The largest absolute Gasteiger partial charge is 0.0805 e. The number of hydrogen-bond donors (Lipinski definition) is 0. The number of fused-ring (bicyclic) bond motifs is 2. The van der Waals surface area contributed by atoms with Gasteiger partial charge in [-0.15, -0.1) is 0 Å². The van der Waals surface area contributed by atoms with Crippen LogP contribution in [0.25, 0.3) is 10.8 Å². The van der Waals surface area contributed by atoms with Gasteiger partial charge in [0.15, 0.2) is 0 Å². The normalized spacial score (nSPS) is 30.7. The van der Waals surface area contributed by atoms with Gasteiger partial charge in [-0.2, -0.15) is 0 Å². The predicted molar refractivity (Wildman–Crippen MR) is 89.0 cm³/mol. The van der Waals surface area contributed by atoms with E-state index in [4.69, 9.17) is 0 Å². The van der Waals surface area contributed by atoms with Gasteiger partial charge >= 0.3 is 0 Å². The Bertz CT molecular complexity index is 702. The van der Waals surface area contributed by atoms with Gasteiger partial charge in [0.1, 0.15) is 0 Å². The summed E-state index contributed by atoms with van der Waals surface area (Å²) >= 11 is 0. The summed E-state index contributed by atoms with van der Waals surface area (Å²) in [6.45, 7) is 2.32. The Kier molecular flexibility index (Phi) is 3.18. The van der Waals surface area contributed by atoms with Crippen LogP contribution in [0.2, 0.25) is 0 Å². The summed E-state index contributed by atoms with van der Waals surface area (Å²) in [4.78, 5) is 0. The Morgan fingerprint density at radius 3 is 2.67 bits per heavy atom. The number of allylic oxidation sites excluding steroid dienone is 4. The highest BCUT2D eigenvalue weighted by Crippen LogP contribution is 2.51. The average Bonchev–Trinajstić information content (AvgIpc) is 2.92. The molecular formula is C21H20. The van der Waals surface area contributed by atoms with Gasteiger partial charge in [0, 0.05) is 0 Å². The SMILES string of the molecule is CCC1C(c2cccc3ccccc23)[C]C2C=CC=CC21. The fourth-order valence-electron chi connectivity index (χ4n) is 4.10. The fourth-order valence-corrected chi connectivity index (χ4v) is 4.10. The van der Waals surface area contributed by atoms with E-state index in [-0.39, 0.29) is 0 Å². The Hall–Kier alpha value is -1.82. The molecule has 2 aliphatic rings. The van der Waals surface area contributed by atoms with E-state index in [1.807, 2.05) is 0 Å². The third-order valence-electron chi connectivity index (χ3n) is 5.10. The van der Waals surface area contributed by atoms with Crippen LogP contribution in [0.15, 0.2) is 66.8 Å². The highest BCUT2D eigenvalue weighted by Gasteiger charge is 2.41. The van der Waals surface area contributed by atoms with Crippen molar-refractivity contribution in [1.82, 2.24) is 0 Å². The van der Waals surface area contributed by atoms with E-state index < -0.39 is 0 Å². The fraction of sp³-hybridized carbons (Fsp3) is 0.286. The topological polar surface area (TPSA) is 0 Å². The Labute approximate surface area is 127 Å². The summed E-state index contributed by atoms with van der Waals surface area (Å²) in [5.74, 6) is 2.23. The summed E-state index contributed by atoms with van der Waals surface area (Å²) < 4.78 is 0. The van der Waals surface area contributed by atoms with Crippen molar-refractivity contribution < 1.29 is 0 Å². The molecule has 2 aromatic carbocycles. The van der Waals surface area contributed by atoms with Crippen LogP contribution in [0.5, 0.6) is 0 Å². The van der Waals surface area contributed by atoms with Crippen LogP contribution < -0.4 is 0 Å². The van der Waals surface area contributed by atoms with Gasteiger partial charge in [0.25, 0.3) is 0 Å². The second-order valence-corrected chi connectivity index (χ2v) is 6.16. The maximum Gasteiger partial charge on any atom is -0.000856 e. The molecule has 2 aliphatic carbocycles. The number of benzene rings is 2. The molecule has 4 rings (SSSR count). The van der Waals surface area contributed by atoms with Crippen molar-refractivity contribution in [3.63, 3.8) is 0 Å². The third-order valence-corrected chi connectivity index (χ3v) is 5.10. The minimum atomic E-state index is 0.448.